The third-order valence-electron chi connectivity index (χ3n) is 4.12. The van der Waals surface area contributed by atoms with Gasteiger partial charge in [-0.3, -0.25) is 4.79 Å². The monoisotopic (exact) mass is 315 g/mol. The van der Waals surface area contributed by atoms with Gasteiger partial charge in [0.25, 0.3) is 5.91 Å². The molecule has 2 aliphatic rings. The average molecular weight is 315 g/mol. The van der Waals surface area contributed by atoms with Gasteiger partial charge in [0.05, 0.1) is 0 Å². The Morgan fingerprint density at radius 3 is 2.87 bits per heavy atom. The number of allylic oxidation sites excluding steroid dienone is 5. The molecule has 1 fully saturated rings. The Kier molecular flexibility index (Phi) is 7.67. The molecule has 0 aromatic carbocycles. The van der Waals surface area contributed by atoms with E-state index in [9.17, 15) is 4.79 Å². The van der Waals surface area contributed by atoms with E-state index in [-0.39, 0.29) is 11.9 Å². The second-order valence-electron chi connectivity index (χ2n) is 6.11. The van der Waals surface area contributed by atoms with E-state index in [4.69, 9.17) is 0 Å². The van der Waals surface area contributed by atoms with Crippen LogP contribution in [0.15, 0.2) is 47.7 Å². The lowest BCUT2D eigenvalue weighted by Gasteiger charge is -2.12. The van der Waals surface area contributed by atoms with E-state index in [1.165, 1.54) is 25.7 Å². The first-order chi connectivity index (χ1) is 11.3. The van der Waals surface area contributed by atoms with E-state index in [1.807, 2.05) is 36.5 Å². The molecule has 4 nitrogen and oxygen atoms in total. The molecular formula is C19H29N3O. The van der Waals surface area contributed by atoms with Gasteiger partial charge in [-0.2, -0.15) is 0 Å². The minimum absolute atomic E-state index is 0.00368. The summed E-state index contributed by atoms with van der Waals surface area (Å²) in [6, 6.07) is 0.252. The van der Waals surface area contributed by atoms with Crippen molar-refractivity contribution >= 4 is 5.91 Å². The Bertz CT molecular complexity index is 497. The van der Waals surface area contributed by atoms with Crippen molar-refractivity contribution < 1.29 is 4.79 Å². The summed E-state index contributed by atoms with van der Waals surface area (Å²) < 4.78 is 0. The number of unbranched alkanes of at least 4 members (excludes halogenated alkanes) is 3. The van der Waals surface area contributed by atoms with Crippen LogP contribution >= 0.6 is 0 Å². The lowest BCUT2D eigenvalue weighted by Crippen LogP contribution is -2.36. The van der Waals surface area contributed by atoms with Crippen LogP contribution in [0.2, 0.25) is 0 Å². The van der Waals surface area contributed by atoms with Crippen LogP contribution in [-0.4, -0.2) is 31.6 Å². The Morgan fingerprint density at radius 2 is 2.09 bits per heavy atom. The van der Waals surface area contributed by atoms with Gasteiger partial charge in [0.1, 0.15) is 0 Å². The predicted octanol–water partition coefficient (Wildman–Crippen LogP) is 2.57. The molecule has 0 bridgehead atoms. The molecular weight excluding hydrogens is 286 g/mol. The standard InChI is InChI=1S/C19H29N3O/c1-2-3-4-5-13-21-17-10-6-8-16(9-7-11-17)19(23)22-18-12-14-20-15-18/h6-11,18,20-21H,2-5,12-15H2,1H3,(H,22,23)/b8-6-,9-7?,10-6?,11-7-,16-8?,16-9+,17-10+,17-11?/t18-/m1/s1. The van der Waals surface area contributed by atoms with Crippen LogP contribution < -0.4 is 16.0 Å². The van der Waals surface area contributed by atoms with E-state index in [0.29, 0.717) is 5.57 Å². The highest BCUT2D eigenvalue weighted by molar-refractivity contribution is 5.96. The second-order valence-corrected chi connectivity index (χ2v) is 6.11. The van der Waals surface area contributed by atoms with Crippen LogP contribution in [0.1, 0.15) is 39.0 Å². The molecule has 0 aromatic heterocycles. The molecule has 2 rings (SSSR count). The van der Waals surface area contributed by atoms with Gasteiger partial charge in [0.15, 0.2) is 0 Å². The van der Waals surface area contributed by atoms with E-state index < -0.39 is 0 Å². The van der Waals surface area contributed by atoms with Crippen LogP contribution in [0.4, 0.5) is 0 Å². The summed E-state index contributed by atoms with van der Waals surface area (Å²) in [6.45, 7) is 5.07. The summed E-state index contributed by atoms with van der Waals surface area (Å²) in [5, 5.41) is 9.76. The van der Waals surface area contributed by atoms with Gasteiger partial charge in [0.2, 0.25) is 0 Å². The van der Waals surface area contributed by atoms with Crippen molar-refractivity contribution in [1.82, 2.24) is 16.0 Å². The molecule has 0 aromatic rings. The summed E-state index contributed by atoms with van der Waals surface area (Å²) in [5.74, 6) is 0.00368. The van der Waals surface area contributed by atoms with E-state index >= 15 is 0 Å². The Hall–Kier alpha value is -1.81. The molecule has 4 heteroatoms. The second kappa shape index (κ2) is 10.1. The highest BCUT2D eigenvalue weighted by atomic mass is 16.1. The molecule has 1 amide bonds. The average Bonchev–Trinajstić information content (AvgIpc) is 3.01. The summed E-state index contributed by atoms with van der Waals surface area (Å²) in [4.78, 5) is 12.2. The SMILES string of the molecule is CCCCCCNC1=C/C=C\C(C(=O)N[C@@H]2CCNC2)=C/C=C\1. The smallest absolute Gasteiger partial charge is 0.251 e. The van der Waals surface area contributed by atoms with Crippen LogP contribution in [0.3, 0.4) is 0 Å². The first kappa shape index (κ1) is 17.5. The van der Waals surface area contributed by atoms with Crippen molar-refractivity contribution in [1.29, 1.82) is 0 Å². The molecule has 3 N–H and O–H groups in total. The van der Waals surface area contributed by atoms with Crippen molar-refractivity contribution in [3.8, 4) is 0 Å². The van der Waals surface area contributed by atoms with Crippen molar-refractivity contribution in [3.05, 3.63) is 47.7 Å². The van der Waals surface area contributed by atoms with Crippen molar-refractivity contribution in [2.45, 2.75) is 45.1 Å². The molecule has 1 heterocycles. The third kappa shape index (κ3) is 6.45. The van der Waals surface area contributed by atoms with Crippen LogP contribution in [0.25, 0.3) is 0 Å². The third-order valence-corrected chi connectivity index (χ3v) is 4.12. The number of carbonyl (C=O) groups is 1. The minimum Gasteiger partial charge on any atom is -0.385 e. The van der Waals surface area contributed by atoms with Crippen molar-refractivity contribution in [2.75, 3.05) is 19.6 Å². The lowest BCUT2D eigenvalue weighted by atomic mass is 10.1. The van der Waals surface area contributed by atoms with Crippen LogP contribution in [0.5, 0.6) is 0 Å². The quantitative estimate of drug-likeness (QED) is 0.604. The maximum atomic E-state index is 12.2. The topological polar surface area (TPSA) is 53.2 Å². The molecule has 0 spiro atoms. The number of amides is 1. The normalized spacial score (nSPS) is 27.8. The summed E-state index contributed by atoms with van der Waals surface area (Å²) in [7, 11) is 0. The fourth-order valence-corrected chi connectivity index (χ4v) is 2.72. The molecule has 0 radical (unpaired) electrons. The summed E-state index contributed by atoms with van der Waals surface area (Å²) in [6.07, 6.45) is 17.7. The fourth-order valence-electron chi connectivity index (χ4n) is 2.72. The van der Waals surface area contributed by atoms with E-state index in [0.717, 1.165) is 31.8 Å². The number of nitrogens with one attached hydrogen (secondary N) is 3. The highest BCUT2D eigenvalue weighted by Gasteiger charge is 2.17. The van der Waals surface area contributed by atoms with Gasteiger partial charge >= 0.3 is 0 Å². The first-order valence-electron chi connectivity index (χ1n) is 8.82. The van der Waals surface area contributed by atoms with Crippen molar-refractivity contribution in [2.24, 2.45) is 0 Å². The molecule has 1 aliphatic heterocycles. The van der Waals surface area contributed by atoms with Gasteiger partial charge in [-0.25, -0.2) is 0 Å². The zero-order chi connectivity index (χ0) is 16.3. The Morgan fingerprint density at radius 1 is 1.22 bits per heavy atom. The fraction of sp³-hybridized carbons (Fsp3) is 0.526. The number of hydrogen-bond donors (Lipinski definition) is 3. The molecule has 0 unspecified atom stereocenters. The maximum Gasteiger partial charge on any atom is 0.251 e. The van der Waals surface area contributed by atoms with Gasteiger partial charge in [-0.15, -0.1) is 0 Å². The maximum absolute atomic E-state index is 12.2. The molecule has 1 atom stereocenters. The minimum atomic E-state index is 0.00368. The Labute approximate surface area is 139 Å². The van der Waals surface area contributed by atoms with E-state index in [2.05, 4.69) is 22.9 Å². The predicted molar refractivity (Wildman–Crippen MR) is 96.0 cm³/mol. The lowest BCUT2D eigenvalue weighted by molar-refractivity contribution is -0.117. The largest absolute Gasteiger partial charge is 0.385 e. The molecule has 23 heavy (non-hydrogen) atoms. The molecule has 126 valence electrons. The summed E-state index contributed by atoms with van der Waals surface area (Å²) in [5.41, 5.74) is 1.79. The molecule has 1 aliphatic carbocycles. The van der Waals surface area contributed by atoms with Gasteiger partial charge < -0.3 is 16.0 Å². The van der Waals surface area contributed by atoms with Gasteiger partial charge in [-0.1, -0.05) is 38.3 Å². The van der Waals surface area contributed by atoms with Crippen molar-refractivity contribution in [3.63, 3.8) is 0 Å². The summed E-state index contributed by atoms with van der Waals surface area (Å²) >= 11 is 0. The number of carbonyl (C=O) groups excluding carboxylic acids is 1. The number of rotatable bonds is 8. The zero-order valence-corrected chi connectivity index (χ0v) is 14.1. The van der Waals surface area contributed by atoms with E-state index in [1.54, 1.807) is 0 Å². The number of hydrogen-bond acceptors (Lipinski definition) is 3. The highest BCUT2D eigenvalue weighted by Crippen LogP contribution is 2.07. The first-order valence-corrected chi connectivity index (χ1v) is 8.82. The van der Waals surface area contributed by atoms with Gasteiger partial charge in [0, 0.05) is 30.4 Å². The van der Waals surface area contributed by atoms with Crippen LogP contribution in [-0.2, 0) is 4.79 Å². The zero-order valence-electron chi connectivity index (χ0n) is 14.1. The molecule has 0 saturated carbocycles. The Balaban J connectivity index is 1.78. The molecule has 1 saturated heterocycles. The van der Waals surface area contributed by atoms with Gasteiger partial charge in [-0.05, 0) is 43.7 Å². The van der Waals surface area contributed by atoms with Crippen LogP contribution in [0, 0.1) is 0 Å².